The number of halogens is 1. The second-order valence-corrected chi connectivity index (χ2v) is 7.47. The van der Waals surface area contributed by atoms with Crippen molar-refractivity contribution in [2.24, 2.45) is 5.41 Å². The first kappa shape index (κ1) is 20.8. The Labute approximate surface area is 164 Å². The second kappa shape index (κ2) is 8.91. The molecule has 0 atom stereocenters. The van der Waals surface area contributed by atoms with Crippen molar-refractivity contribution in [1.82, 2.24) is 5.32 Å². The van der Waals surface area contributed by atoms with E-state index >= 15 is 0 Å². The zero-order valence-corrected chi connectivity index (χ0v) is 16.5. The van der Waals surface area contributed by atoms with Crippen molar-refractivity contribution in [3.8, 4) is 5.75 Å². The Morgan fingerprint density at radius 2 is 1.74 bits per heavy atom. The van der Waals surface area contributed by atoms with E-state index in [1.165, 1.54) is 7.11 Å². The van der Waals surface area contributed by atoms with Gasteiger partial charge in [-0.3, -0.25) is 9.59 Å². The van der Waals surface area contributed by atoms with Gasteiger partial charge in [-0.15, -0.1) is 0 Å². The molecule has 0 saturated heterocycles. The highest BCUT2D eigenvalue weighted by Gasteiger charge is 2.27. The quantitative estimate of drug-likeness (QED) is 0.716. The summed E-state index contributed by atoms with van der Waals surface area (Å²) < 4.78 is 5.19. The van der Waals surface area contributed by atoms with Crippen LogP contribution in [0.2, 0.25) is 5.02 Å². The first-order chi connectivity index (χ1) is 12.7. The molecule has 0 aliphatic carbocycles. The molecule has 0 heterocycles. The number of carbonyl (C=O) groups is 2. The molecule has 144 valence electrons. The number of benzene rings is 2. The summed E-state index contributed by atoms with van der Waals surface area (Å²) in [7, 11) is 1.51. The zero-order valence-electron chi connectivity index (χ0n) is 15.7. The van der Waals surface area contributed by atoms with E-state index in [0.29, 0.717) is 35.7 Å². The first-order valence-corrected chi connectivity index (χ1v) is 9.03. The number of methoxy groups -OCH3 is 1. The lowest BCUT2D eigenvalue weighted by molar-refractivity contribution is -0.146. The van der Waals surface area contributed by atoms with Crippen molar-refractivity contribution in [2.45, 2.75) is 26.7 Å². The fourth-order valence-corrected chi connectivity index (χ4v) is 2.86. The molecule has 2 aromatic carbocycles. The Hall–Kier alpha value is -2.53. The van der Waals surface area contributed by atoms with Gasteiger partial charge in [0.1, 0.15) is 5.75 Å². The summed E-state index contributed by atoms with van der Waals surface area (Å²) in [5.74, 6) is -0.581. The van der Waals surface area contributed by atoms with Crippen LogP contribution in [0.5, 0.6) is 5.75 Å². The molecule has 2 aromatic rings. The minimum absolute atomic E-state index is 0.242. The highest BCUT2D eigenvalue weighted by Crippen LogP contribution is 2.23. The maximum absolute atomic E-state index is 12.3. The highest BCUT2D eigenvalue weighted by molar-refractivity contribution is 6.31. The average Bonchev–Trinajstić information content (AvgIpc) is 2.62. The number of hydrogen-bond acceptors (Lipinski definition) is 3. The minimum Gasteiger partial charge on any atom is -0.496 e. The predicted molar refractivity (Wildman–Crippen MR) is 106 cm³/mol. The number of carbonyl (C=O) groups excluding carboxylic acids is 1. The third-order valence-electron chi connectivity index (χ3n) is 4.35. The predicted octanol–water partition coefficient (Wildman–Crippen LogP) is 3.97. The Balaban J connectivity index is 1.91. The lowest BCUT2D eigenvalue weighted by atomic mass is 9.86. The van der Waals surface area contributed by atoms with Crippen molar-refractivity contribution in [3.05, 3.63) is 64.2 Å². The van der Waals surface area contributed by atoms with Crippen LogP contribution in [0, 0.1) is 5.41 Å². The van der Waals surface area contributed by atoms with E-state index < -0.39 is 11.4 Å². The third kappa shape index (κ3) is 5.73. The average molecular weight is 390 g/mol. The molecule has 0 aliphatic rings. The molecule has 6 heteroatoms. The van der Waals surface area contributed by atoms with E-state index in [9.17, 15) is 14.7 Å². The van der Waals surface area contributed by atoms with Gasteiger partial charge in [0.05, 0.1) is 18.1 Å². The van der Waals surface area contributed by atoms with E-state index in [4.69, 9.17) is 16.3 Å². The van der Waals surface area contributed by atoms with Gasteiger partial charge in [-0.2, -0.15) is 0 Å². The molecule has 0 aliphatic heterocycles. The van der Waals surface area contributed by atoms with Gasteiger partial charge in [-0.25, -0.2) is 0 Å². The molecule has 2 rings (SSSR count). The molecule has 5 nitrogen and oxygen atoms in total. The normalized spacial score (nSPS) is 11.1. The lowest BCUT2D eigenvalue weighted by Gasteiger charge is -2.19. The third-order valence-corrected chi connectivity index (χ3v) is 4.59. The minimum atomic E-state index is -0.814. The van der Waals surface area contributed by atoms with E-state index in [0.717, 1.165) is 11.1 Å². The van der Waals surface area contributed by atoms with Crippen molar-refractivity contribution in [3.63, 3.8) is 0 Å². The van der Waals surface area contributed by atoms with Crippen LogP contribution in [0.25, 0.3) is 0 Å². The standard InChI is InChI=1S/C21H24ClNO4/c1-21(2,20(25)26)13-15-6-4-14(5-7-15)10-11-23-19(24)17-12-16(22)8-9-18(17)27-3/h4-9,12H,10-11,13H2,1-3H3,(H,23,24)(H,25,26). The number of aliphatic carboxylic acids is 1. The van der Waals surface area contributed by atoms with E-state index in [-0.39, 0.29) is 5.91 Å². The van der Waals surface area contributed by atoms with Gasteiger partial charge in [0.15, 0.2) is 0 Å². The molecule has 1 amide bonds. The van der Waals surface area contributed by atoms with Gasteiger partial charge in [-0.1, -0.05) is 35.9 Å². The fraction of sp³-hybridized carbons (Fsp3) is 0.333. The maximum Gasteiger partial charge on any atom is 0.309 e. The summed E-state index contributed by atoms with van der Waals surface area (Å²) >= 11 is 5.96. The van der Waals surface area contributed by atoms with Crippen LogP contribution < -0.4 is 10.1 Å². The van der Waals surface area contributed by atoms with Crippen LogP contribution in [0.1, 0.15) is 35.3 Å². The van der Waals surface area contributed by atoms with Crippen LogP contribution in [0.4, 0.5) is 0 Å². The van der Waals surface area contributed by atoms with E-state index in [1.54, 1.807) is 32.0 Å². The molecule has 0 bridgehead atoms. The van der Waals surface area contributed by atoms with Crippen molar-refractivity contribution < 1.29 is 19.4 Å². The molecule has 27 heavy (non-hydrogen) atoms. The maximum atomic E-state index is 12.3. The van der Waals surface area contributed by atoms with E-state index in [2.05, 4.69) is 5.32 Å². The van der Waals surface area contributed by atoms with Gasteiger partial charge in [0, 0.05) is 11.6 Å². The zero-order chi connectivity index (χ0) is 20.0. The van der Waals surface area contributed by atoms with Gasteiger partial charge < -0.3 is 15.2 Å². The molecule has 2 N–H and O–H groups in total. The van der Waals surface area contributed by atoms with Gasteiger partial charge >= 0.3 is 5.97 Å². The molecule has 0 fully saturated rings. The Morgan fingerprint density at radius 3 is 2.33 bits per heavy atom. The van der Waals surface area contributed by atoms with E-state index in [1.807, 2.05) is 24.3 Å². The summed E-state index contributed by atoms with van der Waals surface area (Å²) in [4.78, 5) is 23.6. The van der Waals surface area contributed by atoms with Crippen molar-refractivity contribution in [2.75, 3.05) is 13.7 Å². The van der Waals surface area contributed by atoms with Gasteiger partial charge in [0.25, 0.3) is 5.91 Å². The molecule has 0 spiro atoms. The number of amides is 1. The largest absolute Gasteiger partial charge is 0.496 e. The van der Waals surface area contributed by atoms with Crippen LogP contribution in [0.3, 0.4) is 0 Å². The molecule has 0 radical (unpaired) electrons. The highest BCUT2D eigenvalue weighted by atomic mass is 35.5. The topological polar surface area (TPSA) is 75.6 Å². The Morgan fingerprint density at radius 1 is 1.11 bits per heavy atom. The fourth-order valence-electron chi connectivity index (χ4n) is 2.68. The Bertz CT molecular complexity index is 815. The number of nitrogens with one attached hydrogen (secondary N) is 1. The molecule has 0 aromatic heterocycles. The number of carboxylic acid groups (broad SMARTS) is 1. The van der Waals surface area contributed by atoms with Gasteiger partial charge in [0.2, 0.25) is 0 Å². The number of rotatable bonds is 8. The Kier molecular flexibility index (Phi) is 6.86. The molecular weight excluding hydrogens is 366 g/mol. The van der Waals surface area contributed by atoms with Gasteiger partial charge in [-0.05, 0) is 56.0 Å². The summed E-state index contributed by atoms with van der Waals surface area (Å²) in [5.41, 5.74) is 1.63. The van der Waals surface area contributed by atoms with Crippen LogP contribution in [-0.4, -0.2) is 30.6 Å². The first-order valence-electron chi connectivity index (χ1n) is 8.66. The lowest BCUT2D eigenvalue weighted by Crippen LogP contribution is -2.26. The monoisotopic (exact) mass is 389 g/mol. The second-order valence-electron chi connectivity index (χ2n) is 7.03. The summed E-state index contributed by atoms with van der Waals surface area (Å²) in [6, 6.07) is 12.7. The van der Waals surface area contributed by atoms with Crippen molar-refractivity contribution in [1.29, 1.82) is 0 Å². The smallest absolute Gasteiger partial charge is 0.309 e. The molecule has 0 saturated carbocycles. The molecular formula is C21H24ClNO4. The molecule has 0 unspecified atom stereocenters. The SMILES string of the molecule is COc1ccc(Cl)cc1C(=O)NCCc1ccc(CC(C)(C)C(=O)O)cc1. The van der Waals surface area contributed by atoms with Crippen LogP contribution in [0.15, 0.2) is 42.5 Å². The van der Waals surface area contributed by atoms with Crippen LogP contribution in [-0.2, 0) is 17.6 Å². The number of carboxylic acids is 1. The summed E-state index contributed by atoms with van der Waals surface area (Å²) in [6.07, 6.45) is 1.13. The van der Waals surface area contributed by atoms with Crippen molar-refractivity contribution >= 4 is 23.5 Å². The van der Waals surface area contributed by atoms with Crippen LogP contribution >= 0.6 is 11.6 Å². The summed E-state index contributed by atoms with van der Waals surface area (Å²) in [6.45, 7) is 3.89. The number of ether oxygens (including phenoxy) is 1. The summed E-state index contributed by atoms with van der Waals surface area (Å²) in [5, 5.41) is 12.6. The number of hydrogen-bond donors (Lipinski definition) is 2.